The lowest BCUT2D eigenvalue weighted by Crippen LogP contribution is -2.32. The van der Waals surface area contributed by atoms with Gasteiger partial charge in [0.2, 0.25) is 0 Å². The van der Waals surface area contributed by atoms with Crippen molar-refractivity contribution in [3.05, 3.63) is 64.8 Å². The average molecular weight is 321 g/mol. The van der Waals surface area contributed by atoms with Crippen molar-refractivity contribution in [3.8, 4) is 0 Å². The third kappa shape index (κ3) is 2.83. The molecule has 1 atom stereocenters. The van der Waals surface area contributed by atoms with Crippen molar-refractivity contribution < 1.29 is 5.11 Å². The van der Waals surface area contributed by atoms with Crippen LogP contribution in [-0.2, 0) is 13.0 Å². The summed E-state index contributed by atoms with van der Waals surface area (Å²) in [4.78, 5) is 2.44. The van der Waals surface area contributed by atoms with Gasteiger partial charge in [0.15, 0.2) is 0 Å². The molecular weight excluding hydrogens is 298 g/mol. The third-order valence-electron chi connectivity index (χ3n) is 5.22. The number of aryl methyl sites for hydroxylation is 1. The minimum atomic E-state index is -0.429. The van der Waals surface area contributed by atoms with E-state index in [9.17, 15) is 5.11 Å². The highest BCUT2D eigenvalue weighted by molar-refractivity contribution is 5.82. The fourth-order valence-corrected chi connectivity index (χ4v) is 3.74. The number of hydrogen-bond acceptors (Lipinski definition) is 3. The molecule has 0 bridgehead atoms. The van der Waals surface area contributed by atoms with Gasteiger partial charge in [0.25, 0.3) is 0 Å². The quantitative estimate of drug-likeness (QED) is 0.775. The SMILES string of the molecule is Cc1c(C(O)CCN2CCc3ccccc3C2)ccc2[nH]ncc12. The van der Waals surface area contributed by atoms with Gasteiger partial charge in [-0.05, 0) is 48.1 Å². The Morgan fingerprint density at radius 1 is 1.21 bits per heavy atom. The summed E-state index contributed by atoms with van der Waals surface area (Å²) in [7, 11) is 0. The van der Waals surface area contributed by atoms with Crippen LogP contribution in [0.3, 0.4) is 0 Å². The minimum absolute atomic E-state index is 0.429. The molecule has 0 saturated carbocycles. The van der Waals surface area contributed by atoms with E-state index in [4.69, 9.17) is 0 Å². The Hall–Kier alpha value is -2.17. The number of H-pyrrole nitrogens is 1. The zero-order chi connectivity index (χ0) is 16.5. The van der Waals surface area contributed by atoms with Crippen molar-refractivity contribution in [1.29, 1.82) is 0 Å². The number of hydrogen-bond donors (Lipinski definition) is 2. The van der Waals surface area contributed by atoms with E-state index in [1.165, 1.54) is 11.1 Å². The van der Waals surface area contributed by atoms with Gasteiger partial charge in [-0.3, -0.25) is 10.00 Å². The smallest absolute Gasteiger partial charge is 0.0805 e. The third-order valence-corrected chi connectivity index (χ3v) is 5.22. The van der Waals surface area contributed by atoms with Crippen LogP contribution in [0.4, 0.5) is 0 Å². The number of aromatic amines is 1. The van der Waals surface area contributed by atoms with Crippen LogP contribution in [0, 0.1) is 6.92 Å². The molecule has 3 aromatic rings. The number of rotatable bonds is 4. The van der Waals surface area contributed by atoms with Crippen LogP contribution < -0.4 is 0 Å². The summed E-state index contributed by atoms with van der Waals surface area (Å²) >= 11 is 0. The van der Waals surface area contributed by atoms with Gasteiger partial charge < -0.3 is 5.11 Å². The summed E-state index contributed by atoms with van der Waals surface area (Å²) < 4.78 is 0. The van der Waals surface area contributed by atoms with E-state index in [2.05, 4.69) is 46.3 Å². The summed E-state index contributed by atoms with van der Waals surface area (Å²) in [6, 6.07) is 12.7. The van der Waals surface area contributed by atoms with E-state index in [1.807, 2.05) is 18.3 Å². The molecule has 24 heavy (non-hydrogen) atoms. The molecule has 0 saturated heterocycles. The minimum Gasteiger partial charge on any atom is -0.388 e. The van der Waals surface area contributed by atoms with Crippen molar-refractivity contribution >= 4 is 10.9 Å². The lowest BCUT2D eigenvalue weighted by molar-refractivity contribution is 0.137. The summed E-state index contributed by atoms with van der Waals surface area (Å²) in [5.74, 6) is 0. The van der Waals surface area contributed by atoms with Gasteiger partial charge in [0, 0.05) is 25.0 Å². The standard InChI is InChI=1S/C20H23N3O/c1-14-17(6-7-19-18(14)12-21-22-19)20(24)9-11-23-10-8-15-4-2-3-5-16(15)13-23/h2-7,12,20,24H,8-11,13H2,1H3,(H,21,22). The van der Waals surface area contributed by atoms with E-state index in [0.717, 1.165) is 54.5 Å². The second kappa shape index (κ2) is 6.38. The summed E-state index contributed by atoms with van der Waals surface area (Å²) in [5, 5.41) is 18.8. The molecule has 0 aliphatic carbocycles. The van der Waals surface area contributed by atoms with E-state index in [1.54, 1.807) is 0 Å². The summed E-state index contributed by atoms with van der Waals surface area (Å²) in [5.41, 5.74) is 6.06. The monoisotopic (exact) mass is 321 g/mol. The van der Waals surface area contributed by atoms with Crippen molar-refractivity contribution in [3.63, 3.8) is 0 Å². The largest absolute Gasteiger partial charge is 0.388 e. The van der Waals surface area contributed by atoms with Crippen LogP contribution in [-0.4, -0.2) is 33.3 Å². The van der Waals surface area contributed by atoms with E-state index < -0.39 is 6.10 Å². The fraction of sp³-hybridized carbons (Fsp3) is 0.350. The molecule has 0 fully saturated rings. The van der Waals surface area contributed by atoms with Crippen molar-refractivity contribution in [2.45, 2.75) is 32.4 Å². The van der Waals surface area contributed by atoms with Gasteiger partial charge in [-0.2, -0.15) is 5.10 Å². The molecule has 1 aliphatic rings. The topological polar surface area (TPSA) is 52.1 Å². The second-order valence-electron chi connectivity index (χ2n) is 6.71. The van der Waals surface area contributed by atoms with Crippen molar-refractivity contribution in [1.82, 2.24) is 15.1 Å². The molecule has 2 heterocycles. The van der Waals surface area contributed by atoms with Gasteiger partial charge in [0.1, 0.15) is 0 Å². The molecule has 1 aromatic heterocycles. The summed E-state index contributed by atoms with van der Waals surface area (Å²) in [6.45, 7) is 5.04. The first kappa shape index (κ1) is 15.4. The Kier molecular flexibility index (Phi) is 4.08. The van der Waals surface area contributed by atoms with Crippen LogP contribution >= 0.6 is 0 Å². The molecule has 4 heteroatoms. The first-order chi connectivity index (χ1) is 11.7. The molecule has 1 aliphatic heterocycles. The predicted octanol–water partition coefficient (Wildman–Crippen LogP) is 3.35. The average Bonchev–Trinajstić information content (AvgIpc) is 3.09. The molecule has 0 amide bonds. The second-order valence-corrected chi connectivity index (χ2v) is 6.71. The predicted molar refractivity (Wildman–Crippen MR) is 95.8 cm³/mol. The van der Waals surface area contributed by atoms with Gasteiger partial charge >= 0.3 is 0 Å². The molecule has 4 nitrogen and oxygen atoms in total. The molecule has 2 N–H and O–H groups in total. The normalized spacial score (nSPS) is 16.2. The van der Waals surface area contributed by atoms with Crippen LogP contribution in [0.25, 0.3) is 10.9 Å². The number of aliphatic hydroxyl groups is 1. The fourth-order valence-electron chi connectivity index (χ4n) is 3.74. The molecule has 1 unspecified atom stereocenters. The molecule has 124 valence electrons. The Morgan fingerprint density at radius 2 is 2.04 bits per heavy atom. The van der Waals surface area contributed by atoms with Gasteiger partial charge in [-0.25, -0.2) is 0 Å². The lowest BCUT2D eigenvalue weighted by atomic mass is 9.97. The number of aromatic nitrogens is 2. The highest BCUT2D eigenvalue weighted by Gasteiger charge is 2.18. The zero-order valence-corrected chi connectivity index (χ0v) is 14.0. The Labute approximate surface area is 142 Å². The van der Waals surface area contributed by atoms with Gasteiger partial charge in [0.05, 0.1) is 17.8 Å². The maximum absolute atomic E-state index is 10.7. The van der Waals surface area contributed by atoms with E-state index in [0.29, 0.717) is 0 Å². The van der Waals surface area contributed by atoms with Crippen LogP contribution in [0.1, 0.15) is 34.8 Å². The first-order valence-electron chi connectivity index (χ1n) is 8.62. The van der Waals surface area contributed by atoms with Crippen LogP contribution in [0.5, 0.6) is 0 Å². The number of nitrogens with one attached hydrogen (secondary N) is 1. The molecule has 0 spiro atoms. The highest BCUT2D eigenvalue weighted by Crippen LogP contribution is 2.27. The number of fused-ring (bicyclic) bond motifs is 2. The molecule has 2 aromatic carbocycles. The van der Waals surface area contributed by atoms with Gasteiger partial charge in [-0.15, -0.1) is 0 Å². The Morgan fingerprint density at radius 3 is 2.92 bits per heavy atom. The maximum Gasteiger partial charge on any atom is 0.0805 e. The van der Waals surface area contributed by atoms with Crippen molar-refractivity contribution in [2.24, 2.45) is 0 Å². The van der Waals surface area contributed by atoms with Crippen LogP contribution in [0.15, 0.2) is 42.6 Å². The number of aliphatic hydroxyl groups excluding tert-OH is 1. The molecule has 4 rings (SSSR count). The van der Waals surface area contributed by atoms with Crippen molar-refractivity contribution in [2.75, 3.05) is 13.1 Å². The first-order valence-corrected chi connectivity index (χ1v) is 8.62. The highest BCUT2D eigenvalue weighted by atomic mass is 16.3. The Balaban J connectivity index is 1.43. The van der Waals surface area contributed by atoms with Gasteiger partial charge in [-0.1, -0.05) is 30.3 Å². The maximum atomic E-state index is 10.7. The zero-order valence-electron chi connectivity index (χ0n) is 14.0. The number of benzene rings is 2. The lowest BCUT2D eigenvalue weighted by Gasteiger charge is -2.29. The Bertz CT molecular complexity index is 855. The molecular formula is C20H23N3O. The van der Waals surface area contributed by atoms with E-state index in [-0.39, 0.29) is 0 Å². The van der Waals surface area contributed by atoms with Crippen LogP contribution in [0.2, 0.25) is 0 Å². The number of nitrogens with zero attached hydrogens (tertiary/aromatic N) is 2. The summed E-state index contributed by atoms with van der Waals surface area (Å²) in [6.07, 6.45) is 3.27. The molecule has 0 radical (unpaired) electrons. The van der Waals surface area contributed by atoms with E-state index >= 15 is 0 Å².